The van der Waals surface area contributed by atoms with Crippen LogP contribution in [0.15, 0.2) is 53.4 Å². The van der Waals surface area contributed by atoms with E-state index in [1.807, 2.05) is 0 Å². The first-order valence-electron chi connectivity index (χ1n) is 8.35. The molecule has 0 unspecified atom stereocenters. The highest BCUT2D eigenvalue weighted by Gasteiger charge is 2.21. The predicted octanol–water partition coefficient (Wildman–Crippen LogP) is 2.06. The fourth-order valence-electron chi connectivity index (χ4n) is 2.78. The lowest BCUT2D eigenvalue weighted by Gasteiger charge is -2.20. The van der Waals surface area contributed by atoms with Crippen molar-refractivity contribution in [3.63, 3.8) is 0 Å². The van der Waals surface area contributed by atoms with E-state index in [-0.39, 0.29) is 16.5 Å². The van der Waals surface area contributed by atoms with Gasteiger partial charge in [0.2, 0.25) is 0 Å². The van der Waals surface area contributed by atoms with Crippen LogP contribution in [0.2, 0.25) is 0 Å². The Hall–Kier alpha value is -2.45. The molecule has 0 radical (unpaired) electrons. The van der Waals surface area contributed by atoms with Crippen LogP contribution < -0.4 is 10.0 Å². The van der Waals surface area contributed by atoms with Crippen molar-refractivity contribution >= 4 is 21.6 Å². The third-order valence-electron chi connectivity index (χ3n) is 4.14. The molecule has 138 valence electrons. The minimum atomic E-state index is -4.00. The Morgan fingerprint density at radius 2 is 1.88 bits per heavy atom. The summed E-state index contributed by atoms with van der Waals surface area (Å²) in [7, 11) is -4.00. The molecule has 0 aliphatic carbocycles. The Bertz CT molecular complexity index is 894. The predicted molar refractivity (Wildman–Crippen MR) is 97.0 cm³/mol. The van der Waals surface area contributed by atoms with Gasteiger partial charge in [0.1, 0.15) is 5.82 Å². The summed E-state index contributed by atoms with van der Waals surface area (Å²) in [5.74, 6) is -0.878. The van der Waals surface area contributed by atoms with E-state index >= 15 is 0 Å². The fourth-order valence-corrected chi connectivity index (χ4v) is 3.89. The molecule has 8 heteroatoms. The van der Waals surface area contributed by atoms with Gasteiger partial charge in [0.05, 0.1) is 10.6 Å². The molecule has 0 saturated carbocycles. The number of nitrogens with zero attached hydrogens (tertiary/aromatic N) is 1. The number of halogens is 1. The van der Waals surface area contributed by atoms with Gasteiger partial charge in [-0.1, -0.05) is 18.2 Å². The number of carbonyl (C=O) groups excluding carboxylic acids is 1. The molecule has 0 aromatic heterocycles. The van der Waals surface area contributed by atoms with Gasteiger partial charge in [-0.25, -0.2) is 12.8 Å². The monoisotopic (exact) mass is 377 g/mol. The zero-order valence-electron chi connectivity index (χ0n) is 14.1. The molecule has 6 nitrogen and oxygen atoms in total. The van der Waals surface area contributed by atoms with E-state index in [2.05, 4.69) is 10.0 Å². The van der Waals surface area contributed by atoms with Crippen LogP contribution in [0, 0.1) is 5.82 Å². The van der Waals surface area contributed by atoms with Gasteiger partial charge in [0.15, 0.2) is 0 Å². The lowest BCUT2D eigenvalue weighted by atomic mass is 10.2. The number of hydrogen-bond donors (Lipinski definition) is 2. The van der Waals surface area contributed by atoms with Crippen LogP contribution in [0.5, 0.6) is 0 Å². The standard InChI is InChI=1S/C18H20FN3O3S/c19-16-7-1-2-8-17(16)21-26(24,25)15-6-3-5-14(13-15)18(23)22-11-4-9-20-10-12-22/h1-3,5-8,13,20-21H,4,9-12H2. The molecule has 1 aliphatic rings. The molecule has 0 spiro atoms. The summed E-state index contributed by atoms with van der Waals surface area (Å²) in [5, 5.41) is 3.22. The second kappa shape index (κ2) is 7.84. The van der Waals surface area contributed by atoms with E-state index in [9.17, 15) is 17.6 Å². The molecule has 2 aromatic rings. The molecule has 1 fully saturated rings. The number of sulfonamides is 1. The van der Waals surface area contributed by atoms with Gasteiger partial charge in [-0.05, 0) is 43.3 Å². The van der Waals surface area contributed by atoms with Crippen molar-refractivity contribution in [1.82, 2.24) is 10.2 Å². The number of hydrogen-bond acceptors (Lipinski definition) is 4. The summed E-state index contributed by atoms with van der Waals surface area (Å²) < 4.78 is 41.0. The van der Waals surface area contributed by atoms with Crippen molar-refractivity contribution in [1.29, 1.82) is 0 Å². The molecule has 2 aromatic carbocycles. The summed E-state index contributed by atoms with van der Waals surface area (Å²) in [5.41, 5.74) is 0.158. The van der Waals surface area contributed by atoms with Crippen LogP contribution in [0.3, 0.4) is 0 Å². The number of anilines is 1. The zero-order valence-corrected chi connectivity index (χ0v) is 14.9. The minimum Gasteiger partial charge on any atom is -0.337 e. The van der Waals surface area contributed by atoms with Gasteiger partial charge in [-0.3, -0.25) is 9.52 Å². The molecule has 0 atom stereocenters. The molecule has 3 rings (SSSR count). The van der Waals surface area contributed by atoms with E-state index in [4.69, 9.17) is 0 Å². The van der Waals surface area contributed by atoms with Gasteiger partial charge >= 0.3 is 0 Å². The first-order chi connectivity index (χ1) is 12.5. The third-order valence-corrected chi connectivity index (χ3v) is 5.50. The lowest BCUT2D eigenvalue weighted by Crippen LogP contribution is -2.34. The second-order valence-electron chi connectivity index (χ2n) is 6.01. The van der Waals surface area contributed by atoms with Gasteiger partial charge in [-0.2, -0.15) is 0 Å². The van der Waals surface area contributed by atoms with Crippen LogP contribution in [0.25, 0.3) is 0 Å². The first kappa shape index (κ1) is 18.3. The molecule has 1 heterocycles. The molecule has 0 bridgehead atoms. The average molecular weight is 377 g/mol. The number of nitrogens with one attached hydrogen (secondary N) is 2. The Labute approximate surface area is 152 Å². The maximum absolute atomic E-state index is 13.7. The zero-order chi connectivity index (χ0) is 18.6. The largest absolute Gasteiger partial charge is 0.337 e. The number of amides is 1. The molecule has 1 amide bonds. The molecule has 1 aliphatic heterocycles. The molecule has 26 heavy (non-hydrogen) atoms. The number of benzene rings is 2. The number of rotatable bonds is 4. The summed E-state index contributed by atoms with van der Waals surface area (Å²) in [6.07, 6.45) is 0.846. The van der Waals surface area contributed by atoms with Crippen molar-refractivity contribution < 1.29 is 17.6 Å². The van der Waals surface area contributed by atoms with Crippen LogP contribution in [-0.4, -0.2) is 45.4 Å². The van der Waals surface area contributed by atoms with Crippen LogP contribution in [0.1, 0.15) is 16.8 Å². The van der Waals surface area contributed by atoms with Crippen LogP contribution in [-0.2, 0) is 10.0 Å². The quantitative estimate of drug-likeness (QED) is 0.855. The van der Waals surface area contributed by atoms with Crippen molar-refractivity contribution in [2.45, 2.75) is 11.3 Å². The van der Waals surface area contributed by atoms with Crippen LogP contribution >= 0.6 is 0 Å². The summed E-state index contributed by atoms with van der Waals surface area (Å²) in [6.45, 7) is 2.75. The van der Waals surface area contributed by atoms with Gasteiger partial charge in [-0.15, -0.1) is 0 Å². The summed E-state index contributed by atoms with van der Waals surface area (Å²) in [4.78, 5) is 14.3. The van der Waals surface area contributed by atoms with Gasteiger partial charge in [0.25, 0.3) is 15.9 Å². The topological polar surface area (TPSA) is 78.5 Å². The highest BCUT2D eigenvalue weighted by atomic mass is 32.2. The Morgan fingerprint density at radius 3 is 2.69 bits per heavy atom. The molecular weight excluding hydrogens is 357 g/mol. The minimum absolute atomic E-state index is 0.0838. The summed E-state index contributed by atoms with van der Waals surface area (Å²) >= 11 is 0. The highest BCUT2D eigenvalue weighted by Crippen LogP contribution is 2.20. The highest BCUT2D eigenvalue weighted by molar-refractivity contribution is 7.92. The number of carbonyl (C=O) groups is 1. The van der Waals surface area contributed by atoms with Gasteiger partial charge in [0, 0.05) is 25.2 Å². The van der Waals surface area contributed by atoms with Gasteiger partial charge < -0.3 is 10.2 Å². The Morgan fingerprint density at radius 1 is 1.08 bits per heavy atom. The normalized spacial score (nSPS) is 15.3. The van der Waals surface area contributed by atoms with E-state index < -0.39 is 15.8 Å². The van der Waals surface area contributed by atoms with Crippen LogP contribution in [0.4, 0.5) is 10.1 Å². The second-order valence-corrected chi connectivity index (χ2v) is 7.69. The van der Waals surface area contributed by atoms with E-state index in [1.54, 1.807) is 11.0 Å². The number of para-hydroxylation sites is 1. The third kappa shape index (κ3) is 4.20. The Kier molecular flexibility index (Phi) is 5.53. The maximum atomic E-state index is 13.7. The average Bonchev–Trinajstić information content (AvgIpc) is 2.92. The van der Waals surface area contributed by atoms with Crippen molar-refractivity contribution in [2.24, 2.45) is 0 Å². The van der Waals surface area contributed by atoms with E-state index in [0.717, 1.165) is 13.0 Å². The van der Waals surface area contributed by atoms with E-state index in [1.165, 1.54) is 42.5 Å². The first-order valence-corrected chi connectivity index (χ1v) is 9.83. The smallest absolute Gasteiger partial charge is 0.262 e. The summed E-state index contributed by atoms with van der Waals surface area (Å²) in [6, 6.07) is 11.3. The fraction of sp³-hybridized carbons (Fsp3) is 0.278. The lowest BCUT2D eigenvalue weighted by molar-refractivity contribution is 0.0766. The van der Waals surface area contributed by atoms with Crippen molar-refractivity contribution in [2.75, 3.05) is 30.9 Å². The molecule has 1 saturated heterocycles. The van der Waals surface area contributed by atoms with Crippen molar-refractivity contribution in [3.8, 4) is 0 Å². The SMILES string of the molecule is O=C(c1cccc(S(=O)(=O)Nc2ccccc2F)c1)N1CCCNCC1. The molecular formula is C18H20FN3O3S. The Balaban J connectivity index is 1.84. The molecule has 2 N–H and O–H groups in total. The van der Waals surface area contributed by atoms with E-state index in [0.29, 0.717) is 25.2 Å². The van der Waals surface area contributed by atoms with Crippen molar-refractivity contribution in [3.05, 3.63) is 59.9 Å². The maximum Gasteiger partial charge on any atom is 0.262 e.